The number of halogens is 1. The highest BCUT2D eigenvalue weighted by molar-refractivity contribution is 5.75. The van der Waals surface area contributed by atoms with E-state index in [-0.39, 0.29) is 17.7 Å². The molecule has 0 aliphatic heterocycles. The minimum absolute atomic E-state index is 0.0765. The van der Waals surface area contributed by atoms with Crippen molar-refractivity contribution in [1.82, 2.24) is 5.32 Å². The molecule has 0 saturated heterocycles. The summed E-state index contributed by atoms with van der Waals surface area (Å²) in [6, 6.07) is 4.10. The van der Waals surface area contributed by atoms with Gasteiger partial charge >= 0.3 is 0 Å². The summed E-state index contributed by atoms with van der Waals surface area (Å²) in [5, 5.41) is 21.8. The van der Waals surface area contributed by atoms with Crippen LogP contribution in [-0.2, 0) is 0 Å². The Morgan fingerprint density at radius 2 is 2.19 bits per heavy atom. The molecule has 5 heteroatoms. The van der Waals surface area contributed by atoms with Crippen LogP contribution in [0.15, 0.2) is 18.2 Å². The van der Waals surface area contributed by atoms with Crippen LogP contribution in [0.1, 0.15) is 22.0 Å². The number of hydrogen-bond acceptors (Lipinski definition) is 4. The number of carbonyl (C=O) groups is 1. The first kappa shape index (κ1) is 12.8. The van der Waals surface area contributed by atoms with Crippen molar-refractivity contribution in [3.05, 3.63) is 35.1 Å². The van der Waals surface area contributed by atoms with Crippen LogP contribution < -0.4 is 5.32 Å². The molecule has 0 saturated carbocycles. The van der Waals surface area contributed by atoms with E-state index in [1.807, 2.05) is 0 Å². The highest BCUT2D eigenvalue weighted by atomic mass is 19.1. The van der Waals surface area contributed by atoms with Crippen molar-refractivity contribution < 1.29 is 19.4 Å². The number of rotatable bonds is 5. The van der Waals surface area contributed by atoms with Gasteiger partial charge in [0.25, 0.3) is 0 Å². The molecule has 16 heavy (non-hydrogen) atoms. The number of carbonyl (C=O) groups excluding carboxylic acids is 1. The molecule has 2 unspecified atom stereocenters. The lowest BCUT2D eigenvalue weighted by atomic mass is 10.0. The number of aliphatic hydroxyl groups excluding tert-OH is 2. The van der Waals surface area contributed by atoms with Gasteiger partial charge in [-0.05, 0) is 13.1 Å². The first-order valence-electron chi connectivity index (χ1n) is 4.86. The monoisotopic (exact) mass is 227 g/mol. The molecule has 0 aliphatic carbocycles. The zero-order valence-electron chi connectivity index (χ0n) is 8.85. The van der Waals surface area contributed by atoms with E-state index in [2.05, 4.69) is 5.32 Å². The molecule has 0 amide bonds. The van der Waals surface area contributed by atoms with Crippen LogP contribution in [-0.4, -0.2) is 36.2 Å². The first-order chi connectivity index (χ1) is 7.61. The fourth-order valence-electron chi connectivity index (χ4n) is 1.42. The zero-order valence-corrected chi connectivity index (χ0v) is 8.85. The summed E-state index contributed by atoms with van der Waals surface area (Å²) >= 11 is 0. The third-order valence-electron chi connectivity index (χ3n) is 2.28. The summed E-state index contributed by atoms with van der Waals surface area (Å²) in [5.74, 6) is -0.792. The normalized spacial score (nSPS) is 14.5. The average molecular weight is 227 g/mol. The maximum absolute atomic E-state index is 13.6. The minimum atomic E-state index is -1.35. The van der Waals surface area contributed by atoms with Gasteiger partial charge in [0, 0.05) is 12.1 Å². The molecule has 0 heterocycles. The lowest BCUT2D eigenvalue weighted by molar-refractivity contribution is 0.0181. The van der Waals surface area contributed by atoms with E-state index in [4.69, 9.17) is 0 Å². The third kappa shape index (κ3) is 2.63. The molecule has 1 aromatic rings. The quantitative estimate of drug-likeness (QED) is 0.631. The molecule has 0 spiro atoms. The van der Waals surface area contributed by atoms with Gasteiger partial charge in [-0.15, -0.1) is 0 Å². The van der Waals surface area contributed by atoms with Crippen LogP contribution in [0, 0.1) is 5.82 Å². The summed E-state index contributed by atoms with van der Waals surface area (Å²) in [7, 11) is 1.61. The highest BCUT2D eigenvalue weighted by Crippen LogP contribution is 2.21. The molecule has 0 radical (unpaired) electrons. The second-order valence-electron chi connectivity index (χ2n) is 3.44. The van der Waals surface area contributed by atoms with Crippen LogP contribution in [0.25, 0.3) is 0 Å². The maximum Gasteiger partial charge on any atom is 0.153 e. The van der Waals surface area contributed by atoms with Gasteiger partial charge in [0.2, 0.25) is 0 Å². The third-order valence-corrected chi connectivity index (χ3v) is 2.28. The molecule has 2 atom stereocenters. The Morgan fingerprint density at radius 1 is 1.50 bits per heavy atom. The van der Waals surface area contributed by atoms with Gasteiger partial charge in [0.05, 0.1) is 11.7 Å². The van der Waals surface area contributed by atoms with E-state index in [1.165, 1.54) is 18.2 Å². The van der Waals surface area contributed by atoms with Crippen molar-refractivity contribution in [1.29, 1.82) is 0 Å². The van der Waals surface area contributed by atoms with Crippen LogP contribution in [0.4, 0.5) is 4.39 Å². The zero-order chi connectivity index (χ0) is 12.1. The van der Waals surface area contributed by atoms with Gasteiger partial charge in [0.1, 0.15) is 11.9 Å². The Bertz CT molecular complexity index is 370. The van der Waals surface area contributed by atoms with Gasteiger partial charge < -0.3 is 15.5 Å². The fraction of sp³-hybridized carbons (Fsp3) is 0.364. The number of aldehydes is 1. The number of likely N-dealkylation sites (N-methyl/N-ethyl adjacent to an activating group) is 1. The van der Waals surface area contributed by atoms with E-state index < -0.39 is 18.0 Å². The van der Waals surface area contributed by atoms with Crippen LogP contribution in [0.2, 0.25) is 0 Å². The van der Waals surface area contributed by atoms with Crippen LogP contribution in [0.5, 0.6) is 0 Å². The van der Waals surface area contributed by atoms with E-state index in [1.54, 1.807) is 7.05 Å². The van der Waals surface area contributed by atoms with E-state index in [0.29, 0.717) is 6.29 Å². The number of benzene rings is 1. The molecule has 0 aliphatic rings. The van der Waals surface area contributed by atoms with Crippen molar-refractivity contribution in [2.45, 2.75) is 12.2 Å². The average Bonchev–Trinajstić information content (AvgIpc) is 2.29. The molecule has 1 rings (SSSR count). The Morgan fingerprint density at radius 3 is 2.75 bits per heavy atom. The fourth-order valence-corrected chi connectivity index (χ4v) is 1.42. The van der Waals surface area contributed by atoms with Gasteiger partial charge in [-0.3, -0.25) is 4.79 Å². The minimum Gasteiger partial charge on any atom is -0.389 e. The van der Waals surface area contributed by atoms with Gasteiger partial charge in [-0.2, -0.15) is 0 Å². The summed E-state index contributed by atoms with van der Waals surface area (Å²) in [4.78, 5) is 10.5. The molecule has 0 fully saturated rings. The predicted octanol–water partition coefficient (Wildman–Crippen LogP) is 0.252. The van der Waals surface area contributed by atoms with Crippen molar-refractivity contribution in [3.8, 4) is 0 Å². The number of aliphatic hydroxyl groups is 2. The number of hydrogen-bond donors (Lipinski definition) is 3. The van der Waals surface area contributed by atoms with Crippen molar-refractivity contribution in [2.75, 3.05) is 13.6 Å². The summed E-state index contributed by atoms with van der Waals surface area (Å²) < 4.78 is 13.6. The molecular formula is C11H14FNO3. The van der Waals surface area contributed by atoms with Gasteiger partial charge in [-0.1, -0.05) is 12.1 Å². The van der Waals surface area contributed by atoms with E-state index in [0.717, 1.165) is 0 Å². The maximum atomic E-state index is 13.6. The predicted molar refractivity (Wildman–Crippen MR) is 56.7 cm³/mol. The topological polar surface area (TPSA) is 69.6 Å². The molecule has 3 N–H and O–H groups in total. The summed E-state index contributed by atoms with van der Waals surface area (Å²) in [5.41, 5.74) is -0.208. The Labute approximate surface area is 92.7 Å². The number of nitrogens with one attached hydrogen (secondary N) is 1. The second-order valence-corrected chi connectivity index (χ2v) is 3.44. The highest BCUT2D eigenvalue weighted by Gasteiger charge is 2.22. The molecule has 1 aromatic carbocycles. The van der Waals surface area contributed by atoms with Gasteiger partial charge in [-0.25, -0.2) is 4.39 Å². The Hall–Kier alpha value is -1.30. The van der Waals surface area contributed by atoms with Crippen molar-refractivity contribution >= 4 is 6.29 Å². The second kappa shape index (κ2) is 5.69. The van der Waals surface area contributed by atoms with Crippen molar-refractivity contribution in [3.63, 3.8) is 0 Å². The SMILES string of the molecule is CNCC(O)C(O)c1cccc(C=O)c1F. The Balaban J connectivity index is 2.99. The largest absolute Gasteiger partial charge is 0.389 e. The standard InChI is InChI=1S/C11H14FNO3/c1-13-5-9(15)11(16)8-4-2-3-7(6-14)10(8)12/h2-4,6,9,11,13,15-16H,5H2,1H3. The lowest BCUT2D eigenvalue weighted by Crippen LogP contribution is -2.30. The van der Waals surface area contributed by atoms with Crippen molar-refractivity contribution in [2.24, 2.45) is 0 Å². The molecule has 88 valence electrons. The summed E-state index contributed by atoms with van der Waals surface area (Å²) in [6.45, 7) is 0.131. The molecule has 0 aromatic heterocycles. The smallest absolute Gasteiger partial charge is 0.153 e. The molecule has 0 bridgehead atoms. The first-order valence-corrected chi connectivity index (χ1v) is 4.86. The van der Waals surface area contributed by atoms with E-state index in [9.17, 15) is 19.4 Å². The van der Waals surface area contributed by atoms with Gasteiger partial charge in [0.15, 0.2) is 6.29 Å². The molecular weight excluding hydrogens is 213 g/mol. The summed E-state index contributed by atoms with van der Waals surface area (Å²) in [6.07, 6.45) is -2.11. The van der Waals surface area contributed by atoms with Crippen LogP contribution in [0.3, 0.4) is 0 Å². The van der Waals surface area contributed by atoms with Crippen LogP contribution >= 0.6 is 0 Å². The van der Waals surface area contributed by atoms with E-state index >= 15 is 0 Å². The lowest BCUT2D eigenvalue weighted by Gasteiger charge is -2.18. The Kier molecular flexibility index (Phi) is 4.54. The molecule has 4 nitrogen and oxygen atoms in total.